The minimum atomic E-state index is -0.242. The van der Waals surface area contributed by atoms with E-state index in [2.05, 4.69) is 0 Å². The lowest BCUT2D eigenvalue weighted by atomic mass is 10.2. The number of rotatable bonds is 10. The van der Waals surface area contributed by atoms with Crippen LogP contribution in [0.1, 0.15) is 25.3 Å². The van der Waals surface area contributed by atoms with E-state index in [1.165, 1.54) is 0 Å². The number of ether oxygens (including phenoxy) is 2. The van der Waals surface area contributed by atoms with Gasteiger partial charge in [0.1, 0.15) is 6.61 Å². The summed E-state index contributed by atoms with van der Waals surface area (Å²) in [5.74, 6) is -0.371. The number of amides is 1. The van der Waals surface area contributed by atoms with Gasteiger partial charge in [0.2, 0.25) is 0 Å². The molecule has 0 bridgehead atoms. The first-order valence-electron chi connectivity index (χ1n) is 8.83. The minimum Gasteiger partial charge on any atom is -0.466 e. The van der Waals surface area contributed by atoms with Gasteiger partial charge in [-0.15, -0.1) is 0 Å². The van der Waals surface area contributed by atoms with Crippen molar-refractivity contribution in [2.45, 2.75) is 26.4 Å². The van der Waals surface area contributed by atoms with E-state index in [0.717, 1.165) is 11.3 Å². The largest absolute Gasteiger partial charge is 0.466 e. The van der Waals surface area contributed by atoms with Crippen molar-refractivity contribution in [1.82, 2.24) is 0 Å². The molecular weight excluding hydrogens is 330 g/mol. The molecule has 0 aliphatic carbocycles. The summed E-state index contributed by atoms with van der Waals surface area (Å²) < 4.78 is 10.5. The Hall–Kier alpha value is -2.66. The highest BCUT2D eigenvalue weighted by Gasteiger charge is 2.16. The molecule has 1 amide bonds. The topological polar surface area (TPSA) is 55.8 Å². The second kappa shape index (κ2) is 11.1. The fourth-order valence-corrected chi connectivity index (χ4v) is 2.53. The van der Waals surface area contributed by atoms with Crippen molar-refractivity contribution in [3.8, 4) is 0 Å². The summed E-state index contributed by atoms with van der Waals surface area (Å²) in [6, 6.07) is 19.1. The van der Waals surface area contributed by atoms with Gasteiger partial charge in [-0.2, -0.15) is 0 Å². The van der Waals surface area contributed by atoms with E-state index in [0.29, 0.717) is 26.2 Å². The summed E-state index contributed by atoms with van der Waals surface area (Å²) in [5.41, 5.74) is 1.82. The number of para-hydroxylation sites is 1. The summed E-state index contributed by atoms with van der Waals surface area (Å²) in [5, 5.41) is 0. The Labute approximate surface area is 154 Å². The summed E-state index contributed by atoms with van der Waals surface area (Å²) in [7, 11) is 0. The van der Waals surface area contributed by atoms with E-state index in [-0.39, 0.29) is 24.9 Å². The van der Waals surface area contributed by atoms with Crippen molar-refractivity contribution in [2.24, 2.45) is 0 Å². The van der Waals surface area contributed by atoms with Crippen molar-refractivity contribution in [2.75, 3.05) is 24.7 Å². The Bertz CT molecular complexity index is 673. The molecule has 0 unspecified atom stereocenters. The fourth-order valence-electron chi connectivity index (χ4n) is 2.53. The molecule has 0 spiro atoms. The summed E-state index contributed by atoms with van der Waals surface area (Å²) in [4.78, 5) is 25.8. The van der Waals surface area contributed by atoms with Gasteiger partial charge < -0.3 is 14.4 Å². The van der Waals surface area contributed by atoms with Crippen LogP contribution in [0.25, 0.3) is 0 Å². The zero-order chi connectivity index (χ0) is 18.6. The molecule has 0 saturated heterocycles. The molecule has 0 aliphatic rings. The predicted molar refractivity (Wildman–Crippen MR) is 101 cm³/mol. The average molecular weight is 355 g/mol. The number of benzene rings is 2. The Kier molecular flexibility index (Phi) is 8.36. The zero-order valence-corrected chi connectivity index (χ0v) is 15.1. The second-order valence-electron chi connectivity index (χ2n) is 5.77. The van der Waals surface area contributed by atoms with Crippen LogP contribution in [0.5, 0.6) is 0 Å². The Morgan fingerprint density at radius 3 is 2.27 bits per heavy atom. The number of hydrogen-bond acceptors (Lipinski definition) is 4. The molecule has 0 heterocycles. The third-order valence-corrected chi connectivity index (χ3v) is 3.77. The monoisotopic (exact) mass is 355 g/mol. The first-order valence-corrected chi connectivity index (χ1v) is 8.83. The number of carbonyl (C=O) groups excluding carboxylic acids is 2. The molecule has 2 aromatic carbocycles. The summed E-state index contributed by atoms with van der Waals surface area (Å²) in [6.45, 7) is 2.97. The number of hydrogen-bond donors (Lipinski definition) is 0. The fraction of sp³-hybridized carbons (Fsp3) is 0.333. The van der Waals surface area contributed by atoms with Crippen molar-refractivity contribution in [1.29, 1.82) is 0 Å². The third kappa shape index (κ3) is 6.69. The first kappa shape index (κ1) is 19.7. The lowest BCUT2D eigenvalue weighted by molar-refractivity contribution is -0.143. The molecule has 0 saturated carbocycles. The molecular formula is C21H25NO4. The highest BCUT2D eigenvalue weighted by molar-refractivity contribution is 5.94. The standard InChI is InChI=1S/C21H25NO4/c1-2-26-21(24)14-9-15-22(19-12-7-4-8-13-19)20(23)17-25-16-18-10-5-3-6-11-18/h3-8,10-13H,2,9,14-17H2,1H3. The van der Waals surface area contributed by atoms with E-state index in [9.17, 15) is 9.59 Å². The number of anilines is 1. The number of esters is 1. The number of carbonyl (C=O) groups is 2. The molecule has 0 atom stereocenters. The highest BCUT2D eigenvalue weighted by Crippen LogP contribution is 2.15. The maximum atomic E-state index is 12.6. The molecule has 138 valence electrons. The normalized spacial score (nSPS) is 10.3. The van der Waals surface area contributed by atoms with Crippen LogP contribution in [0.3, 0.4) is 0 Å². The maximum absolute atomic E-state index is 12.6. The lowest BCUT2D eigenvalue weighted by Gasteiger charge is -2.22. The van der Waals surface area contributed by atoms with Crippen LogP contribution in [-0.4, -0.2) is 31.6 Å². The predicted octanol–water partition coefficient (Wildman–Crippen LogP) is 3.58. The SMILES string of the molecule is CCOC(=O)CCCN(C(=O)COCc1ccccc1)c1ccccc1. The lowest BCUT2D eigenvalue weighted by Crippen LogP contribution is -2.35. The zero-order valence-electron chi connectivity index (χ0n) is 15.1. The van der Waals surface area contributed by atoms with Crippen LogP contribution >= 0.6 is 0 Å². The molecule has 0 aliphatic heterocycles. The highest BCUT2D eigenvalue weighted by atomic mass is 16.5. The van der Waals surface area contributed by atoms with Crippen molar-refractivity contribution in [3.05, 3.63) is 66.2 Å². The van der Waals surface area contributed by atoms with E-state index in [4.69, 9.17) is 9.47 Å². The summed E-state index contributed by atoms with van der Waals surface area (Å²) in [6.07, 6.45) is 0.827. The van der Waals surface area contributed by atoms with Crippen LogP contribution in [0, 0.1) is 0 Å². The second-order valence-corrected chi connectivity index (χ2v) is 5.77. The van der Waals surface area contributed by atoms with Gasteiger partial charge in [-0.25, -0.2) is 0 Å². The molecule has 0 aromatic heterocycles. The molecule has 5 nitrogen and oxygen atoms in total. The smallest absolute Gasteiger partial charge is 0.305 e. The molecule has 0 N–H and O–H groups in total. The van der Waals surface area contributed by atoms with E-state index >= 15 is 0 Å². The Balaban J connectivity index is 1.90. The van der Waals surface area contributed by atoms with E-state index < -0.39 is 0 Å². The third-order valence-electron chi connectivity index (χ3n) is 3.77. The average Bonchev–Trinajstić information content (AvgIpc) is 2.67. The van der Waals surface area contributed by atoms with Gasteiger partial charge in [-0.1, -0.05) is 48.5 Å². The summed E-state index contributed by atoms with van der Waals surface area (Å²) >= 11 is 0. The molecule has 5 heteroatoms. The van der Waals surface area contributed by atoms with Gasteiger partial charge in [-0.3, -0.25) is 9.59 Å². The maximum Gasteiger partial charge on any atom is 0.305 e. The van der Waals surface area contributed by atoms with Crippen molar-refractivity contribution in [3.63, 3.8) is 0 Å². The van der Waals surface area contributed by atoms with E-state index in [1.807, 2.05) is 60.7 Å². The van der Waals surface area contributed by atoms with Crippen LogP contribution in [0.2, 0.25) is 0 Å². The molecule has 0 radical (unpaired) electrons. The van der Waals surface area contributed by atoms with Crippen molar-refractivity contribution < 1.29 is 19.1 Å². The van der Waals surface area contributed by atoms with Crippen LogP contribution in [0.15, 0.2) is 60.7 Å². The van der Waals surface area contributed by atoms with Crippen molar-refractivity contribution >= 4 is 17.6 Å². The van der Waals surface area contributed by atoms with Gasteiger partial charge >= 0.3 is 5.97 Å². The Morgan fingerprint density at radius 1 is 0.962 bits per heavy atom. The first-order chi connectivity index (χ1) is 12.7. The molecule has 26 heavy (non-hydrogen) atoms. The molecule has 0 fully saturated rings. The van der Waals surface area contributed by atoms with Crippen LogP contribution in [0.4, 0.5) is 5.69 Å². The van der Waals surface area contributed by atoms with Gasteiger partial charge in [0.05, 0.1) is 13.2 Å². The quantitative estimate of drug-likeness (QED) is 0.611. The molecule has 2 rings (SSSR count). The van der Waals surface area contributed by atoms with E-state index in [1.54, 1.807) is 11.8 Å². The van der Waals surface area contributed by atoms with Crippen LogP contribution in [-0.2, 0) is 25.7 Å². The van der Waals surface area contributed by atoms with Gasteiger partial charge in [0.15, 0.2) is 0 Å². The van der Waals surface area contributed by atoms with Gasteiger partial charge in [-0.05, 0) is 31.0 Å². The van der Waals surface area contributed by atoms with Crippen LogP contribution < -0.4 is 4.90 Å². The molecule has 2 aromatic rings. The Morgan fingerprint density at radius 2 is 1.62 bits per heavy atom. The van der Waals surface area contributed by atoms with Gasteiger partial charge in [0, 0.05) is 18.7 Å². The minimum absolute atomic E-state index is 0.0107. The van der Waals surface area contributed by atoms with Gasteiger partial charge in [0.25, 0.3) is 5.91 Å². The number of nitrogens with zero attached hydrogens (tertiary/aromatic N) is 1.